The summed E-state index contributed by atoms with van der Waals surface area (Å²) in [6.07, 6.45) is 4.00. The second kappa shape index (κ2) is 7.25. The molecule has 0 saturated carbocycles. The molecule has 1 aliphatic heterocycles. The van der Waals surface area contributed by atoms with Crippen molar-refractivity contribution < 1.29 is 9.59 Å². The smallest absolute Gasteiger partial charge is 0.242 e. The van der Waals surface area contributed by atoms with E-state index in [0.29, 0.717) is 6.42 Å². The van der Waals surface area contributed by atoms with Crippen LogP contribution in [0, 0.1) is 0 Å². The standard InChI is InChI=1S/C17H24N2O2/c1-3-13-8-4-5-9-14(13)12-16(20)19(2)15-10-6-7-11-18-17(15)21/h4-5,8-9,15H,3,6-7,10-12H2,1-2H3,(H,18,21). The van der Waals surface area contributed by atoms with Gasteiger partial charge in [0.1, 0.15) is 6.04 Å². The first-order chi connectivity index (χ1) is 10.1. The quantitative estimate of drug-likeness (QED) is 0.920. The summed E-state index contributed by atoms with van der Waals surface area (Å²) in [5.41, 5.74) is 2.26. The summed E-state index contributed by atoms with van der Waals surface area (Å²) >= 11 is 0. The molecule has 1 aliphatic rings. The molecule has 21 heavy (non-hydrogen) atoms. The zero-order chi connectivity index (χ0) is 15.2. The van der Waals surface area contributed by atoms with E-state index in [4.69, 9.17) is 0 Å². The molecule has 1 N–H and O–H groups in total. The summed E-state index contributed by atoms with van der Waals surface area (Å²) in [5, 5.41) is 2.88. The number of carbonyl (C=O) groups is 2. The van der Waals surface area contributed by atoms with E-state index in [1.54, 1.807) is 11.9 Å². The molecule has 114 valence electrons. The predicted molar refractivity (Wildman–Crippen MR) is 82.9 cm³/mol. The maximum atomic E-state index is 12.5. The maximum absolute atomic E-state index is 12.5. The van der Waals surface area contributed by atoms with Crippen molar-refractivity contribution in [1.29, 1.82) is 0 Å². The van der Waals surface area contributed by atoms with Crippen molar-refractivity contribution >= 4 is 11.8 Å². The van der Waals surface area contributed by atoms with Gasteiger partial charge >= 0.3 is 0 Å². The third-order valence-electron chi connectivity index (χ3n) is 4.21. The van der Waals surface area contributed by atoms with Crippen LogP contribution in [0.1, 0.15) is 37.3 Å². The summed E-state index contributed by atoms with van der Waals surface area (Å²) in [4.78, 5) is 26.1. The number of hydrogen-bond acceptors (Lipinski definition) is 2. The molecule has 1 fully saturated rings. The van der Waals surface area contributed by atoms with Crippen LogP contribution in [0.5, 0.6) is 0 Å². The Hall–Kier alpha value is -1.84. The van der Waals surface area contributed by atoms with Gasteiger partial charge in [0.05, 0.1) is 6.42 Å². The summed E-state index contributed by atoms with van der Waals surface area (Å²) in [5.74, 6) is -0.00919. The molecule has 1 saturated heterocycles. The maximum Gasteiger partial charge on any atom is 0.242 e. The first-order valence-corrected chi connectivity index (χ1v) is 7.73. The van der Waals surface area contributed by atoms with E-state index in [1.807, 2.05) is 18.2 Å². The Morgan fingerprint density at radius 2 is 2.00 bits per heavy atom. The van der Waals surface area contributed by atoms with Crippen molar-refractivity contribution in [3.63, 3.8) is 0 Å². The molecule has 1 heterocycles. The number of nitrogens with zero attached hydrogens (tertiary/aromatic N) is 1. The van der Waals surface area contributed by atoms with Gasteiger partial charge in [0.25, 0.3) is 0 Å². The van der Waals surface area contributed by atoms with Crippen molar-refractivity contribution in [1.82, 2.24) is 10.2 Å². The largest absolute Gasteiger partial charge is 0.354 e. The van der Waals surface area contributed by atoms with Gasteiger partial charge in [-0.3, -0.25) is 9.59 Å². The number of carbonyl (C=O) groups excluding carboxylic acids is 2. The van der Waals surface area contributed by atoms with E-state index < -0.39 is 0 Å². The lowest BCUT2D eigenvalue weighted by Crippen LogP contribution is -2.47. The highest BCUT2D eigenvalue weighted by Gasteiger charge is 2.27. The van der Waals surface area contributed by atoms with Gasteiger partial charge in [-0.2, -0.15) is 0 Å². The average molecular weight is 288 g/mol. The molecular weight excluding hydrogens is 264 g/mol. The number of nitrogens with one attached hydrogen (secondary N) is 1. The van der Waals surface area contributed by atoms with Gasteiger partial charge in [0, 0.05) is 13.6 Å². The third-order valence-corrected chi connectivity index (χ3v) is 4.21. The van der Waals surface area contributed by atoms with Crippen LogP contribution in [0.4, 0.5) is 0 Å². The number of aryl methyl sites for hydroxylation is 1. The van der Waals surface area contributed by atoms with Gasteiger partial charge in [-0.05, 0) is 36.8 Å². The van der Waals surface area contributed by atoms with Crippen molar-refractivity contribution in [2.45, 2.75) is 45.1 Å². The molecule has 0 spiro atoms. The summed E-state index contributed by atoms with van der Waals surface area (Å²) < 4.78 is 0. The van der Waals surface area contributed by atoms with E-state index >= 15 is 0 Å². The number of amides is 2. The summed E-state index contributed by atoms with van der Waals surface area (Å²) in [7, 11) is 1.74. The van der Waals surface area contributed by atoms with E-state index in [-0.39, 0.29) is 17.9 Å². The van der Waals surface area contributed by atoms with Gasteiger partial charge in [-0.1, -0.05) is 31.2 Å². The molecule has 4 nitrogen and oxygen atoms in total. The molecule has 0 bridgehead atoms. The molecule has 0 radical (unpaired) electrons. The highest BCUT2D eigenvalue weighted by atomic mass is 16.2. The number of hydrogen-bond donors (Lipinski definition) is 1. The van der Waals surface area contributed by atoms with Crippen LogP contribution in [0.3, 0.4) is 0 Å². The predicted octanol–water partition coefficient (Wildman–Crippen LogP) is 1.92. The molecule has 1 atom stereocenters. The molecule has 0 aromatic heterocycles. The normalized spacial score (nSPS) is 18.8. The van der Waals surface area contributed by atoms with E-state index in [1.165, 1.54) is 5.56 Å². The Labute approximate surface area is 126 Å². The average Bonchev–Trinajstić information content (AvgIpc) is 2.71. The minimum absolute atomic E-state index is 0.0120. The van der Waals surface area contributed by atoms with E-state index in [0.717, 1.165) is 37.8 Å². The van der Waals surface area contributed by atoms with Crippen LogP contribution >= 0.6 is 0 Å². The first-order valence-electron chi connectivity index (χ1n) is 7.73. The van der Waals surface area contributed by atoms with Crippen molar-refractivity contribution in [3.05, 3.63) is 35.4 Å². The van der Waals surface area contributed by atoms with Gasteiger partial charge < -0.3 is 10.2 Å². The molecule has 2 amide bonds. The fourth-order valence-electron chi connectivity index (χ4n) is 2.83. The number of benzene rings is 1. The zero-order valence-electron chi connectivity index (χ0n) is 12.9. The fourth-order valence-corrected chi connectivity index (χ4v) is 2.83. The van der Waals surface area contributed by atoms with Crippen LogP contribution in [0.2, 0.25) is 0 Å². The SMILES string of the molecule is CCc1ccccc1CC(=O)N(C)C1CCCCNC1=O. The molecule has 2 rings (SSSR count). The first kappa shape index (κ1) is 15.5. The topological polar surface area (TPSA) is 49.4 Å². The van der Waals surface area contributed by atoms with Crippen molar-refractivity contribution in [2.75, 3.05) is 13.6 Å². The highest BCUT2D eigenvalue weighted by Crippen LogP contribution is 2.15. The molecule has 0 aliphatic carbocycles. The Morgan fingerprint density at radius 1 is 1.29 bits per heavy atom. The lowest BCUT2D eigenvalue weighted by molar-refractivity contribution is -0.138. The van der Waals surface area contributed by atoms with Gasteiger partial charge in [-0.15, -0.1) is 0 Å². The monoisotopic (exact) mass is 288 g/mol. The lowest BCUT2D eigenvalue weighted by Gasteiger charge is -2.26. The Bertz CT molecular complexity index is 513. The van der Waals surface area contributed by atoms with Crippen molar-refractivity contribution in [3.8, 4) is 0 Å². The molecular formula is C17H24N2O2. The zero-order valence-corrected chi connectivity index (χ0v) is 12.9. The Kier molecular flexibility index (Phi) is 5.37. The third kappa shape index (κ3) is 3.84. The lowest BCUT2D eigenvalue weighted by atomic mass is 10.0. The van der Waals surface area contributed by atoms with Gasteiger partial charge in [-0.25, -0.2) is 0 Å². The molecule has 1 unspecified atom stereocenters. The van der Waals surface area contributed by atoms with E-state index in [9.17, 15) is 9.59 Å². The Balaban J connectivity index is 2.06. The van der Waals surface area contributed by atoms with Crippen LogP contribution in [-0.2, 0) is 22.4 Å². The second-order valence-electron chi connectivity index (χ2n) is 5.61. The molecule has 4 heteroatoms. The van der Waals surface area contributed by atoms with Gasteiger partial charge in [0.2, 0.25) is 11.8 Å². The van der Waals surface area contributed by atoms with Crippen LogP contribution < -0.4 is 5.32 Å². The molecule has 1 aromatic rings. The fraction of sp³-hybridized carbons (Fsp3) is 0.529. The summed E-state index contributed by atoms with van der Waals surface area (Å²) in [6.45, 7) is 2.81. The van der Waals surface area contributed by atoms with Crippen LogP contribution in [-0.4, -0.2) is 36.3 Å². The summed E-state index contributed by atoms with van der Waals surface area (Å²) in [6, 6.07) is 7.68. The number of likely N-dealkylation sites (N-methyl/N-ethyl adjacent to an activating group) is 1. The van der Waals surface area contributed by atoms with Crippen LogP contribution in [0.25, 0.3) is 0 Å². The molecule has 1 aromatic carbocycles. The van der Waals surface area contributed by atoms with E-state index in [2.05, 4.69) is 18.3 Å². The minimum atomic E-state index is -0.325. The second-order valence-corrected chi connectivity index (χ2v) is 5.61. The Morgan fingerprint density at radius 3 is 2.71 bits per heavy atom. The minimum Gasteiger partial charge on any atom is -0.354 e. The van der Waals surface area contributed by atoms with Crippen molar-refractivity contribution in [2.24, 2.45) is 0 Å². The highest BCUT2D eigenvalue weighted by molar-refractivity contribution is 5.88. The van der Waals surface area contributed by atoms with Crippen LogP contribution in [0.15, 0.2) is 24.3 Å². The van der Waals surface area contributed by atoms with Gasteiger partial charge in [0.15, 0.2) is 0 Å². The number of rotatable bonds is 4.